The first kappa shape index (κ1) is 17.6. The van der Waals surface area contributed by atoms with Crippen molar-refractivity contribution in [1.82, 2.24) is 19.8 Å². The highest BCUT2D eigenvalue weighted by Gasteiger charge is 2.48. The van der Waals surface area contributed by atoms with Crippen molar-refractivity contribution in [3.8, 4) is 0 Å². The fourth-order valence-electron chi connectivity index (χ4n) is 4.04. The van der Waals surface area contributed by atoms with E-state index in [2.05, 4.69) is 9.97 Å². The number of nitrogens with one attached hydrogen (secondary N) is 1. The van der Waals surface area contributed by atoms with Crippen LogP contribution < -0.4 is 5.56 Å². The Bertz CT molecular complexity index is 757. The van der Waals surface area contributed by atoms with Crippen LogP contribution in [0.4, 0.5) is 0 Å². The van der Waals surface area contributed by atoms with E-state index in [1.165, 1.54) is 0 Å². The Morgan fingerprint density at radius 3 is 2.72 bits per heavy atom. The maximum Gasteiger partial charge on any atom is 0.254 e. The molecule has 2 saturated heterocycles. The number of amides is 2. The number of carbonyl (C=O) groups excluding carboxylic acids is 2. The Labute approximate surface area is 147 Å². The average molecular weight is 346 g/mol. The second kappa shape index (κ2) is 6.61. The molecule has 136 valence electrons. The summed E-state index contributed by atoms with van der Waals surface area (Å²) in [4.78, 5) is 48.1. The number of piperidine rings is 1. The fraction of sp³-hybridized carbons (Fsp3) is 0.667. The van der Waals surface area contributed by atoms with E-state index >= 15 is 0 Å². The Morgan fingerprint density at radius 2 is 2.04 bits per heavy atom. The smallest absolute Gasteiger partial charge is 0.254 e. The van der Waals surface area contributed by atoms with Gasteiger partial charge in [0, 0.05) is 44.4 Å². The highest BCUT2D eigenvalue weighted by molar-refractivity contribution is 5.86. The number of hydrogen-bond acceptors (Lipinski definition) is 4. The zero-order valence-electron chi connectivity index (χ0n) is 15.2. The van der Waals surface area contributed by atoms with Crippen molar-refractivity contribution >= 4 is 11.8 Å². The largest absolute Gasteiger partial charge is 0.345 e. The van der Waals surface area contributed by atoms with Gasteiger partial charge in [0.05, 0.1) is 11.8 Å². The Kier molecular flexibility index (Phi) is 4.67. The maximum absolute atomic E-state index is 12.7. The van der Waals surface area contributed by atoms with Crippen LogP contribution in [0, 0.1) is 12.3 Å². The van der Waals surface area contributed by atoms with Crippen molar-refractivity contribution < 1.29 is 9.59 Å². The topological polar surface area (TPSA) is 86.4 Å². The lowest BCUT2D eigenvalue weighted by Crippen LogP contribution is -2.48. The van der Waals surface area contributed by atoms with Crippen LogP contribution in [0.3, 0.4) is 0 Å². The van der Waals surface area contributed by atoms with Gasteiger partial charge >= 0.3 is 0 Å². The van der Waals surface area contributed by atoms with E-state index in [1.807, 2.05) is 14.0 Å². The number of aromatic nitrogens is 2. The summed E-state index contributed by atoms with van der Waals surface area (Å²) in [5.74, 6) is 0.684. The van der Waals surface area contributed by atoms with Gasteiger partial charge in [-0.25, -0.2) is 4.98 Å². The third-order valence-electron chi connectivity index (χ3n) is 5.59. The third-order valence-corrected chi connectivity index (χ3v) is 5.59. The Hall–Kier alpha value is -2.18. The van der Waals surface area contributed by atoms with Gasteiger partial charge in [-0.05, 0) is 26.2 Å². The molecule has 2 amide bonds. The molecule has 0 bridgehead atoms. The van der Waals surface area contributed by atoms with Gasteiger partial charge in [-0.3, -0.25) is 14.4 Å². The van der Waals surface area contributed by atoms with Gasteiger partial charge in [0.25, 0.3) is 5.56 Å². The molecule has 0 saturated carbocycles. The maximum atomic E-state index is 12.7. The molecule has 1 spiro atoms. The van der Waals surface area contributed by atoms with Gasteiger partial charge in [-0.1, -0.05) is 6.92 Å². The summed E-state index contributed by atoms with van der Waals surface area (Å²) in [5, 5.41) is 0. The van der Waals surface area contributed by atoms with Crippen molar-refractivity contribution in [2.75, 3.05) is 26.7 Å². The van der Waals surface area contributed by atoms with Gasteiger partial charge in [-0.15, -0.1) is 0 Å². The summed E-state index contributed by atoms with van der Waals surface area (Å²) in [5.41, 5.74) is 0.376. The lowest BCUT2D eigenvalue weighted by molar-refractivity contribution is -0.144. The van der Waals surface area contributed by atoms with Crippen LogP contribution in [-0.2, 0) is 22.4 Å². The molecule has 7 nitrogen and oxygen atoms in total. The standard InChI is InChI=1S/C18H26N4O3/c1-4-14-19-12(2)13(16(24)20-14)10-15(23)22-9-7-18(11-22)6-5-8-21(3)17(18)25/h4-11H2,1-3H3,(H,19,20,24)/t18-/m0/s1. The highest BCUT2D eigenvalue weighted by Crippen LogP contribution is 2.39. The zero-order valence-corrected chi connectivity index (χ0v) is 15.2. The number of likely N-dealkylation sites (tertiary alicyclic amines) is 2. The normalized spacial score (nSPS) is 23.6. The highest BCUT2D eigenvalue weighted by atomic mass is 16.2. The first-order chi connectivity index (χ1) is 11.9. The monoisotopic (exact) mass is 346 g/mol. The van der Waals surface area contributed by atoms with Crippen molar-refractivity contribution in [3.05, 3.63) is 27.4 Å². The van der Waals surface area contributed by atoms with Crippen LogP contribution in [0.2, 0.25) is 0 Å². The molecule has 1 aromatic rings. The fourth-order valence-corrected chi connectivity index (χ4v) is 4.04. The first-order valence-corrected chi connectivity index (χ1v) is 8.98. The lowest BCUT2D eigenvalue weighted by atomic mass is 9.78. The van der Waals surface area contributed by atoms with E-state index in [0.717, 1.165) is 19.4 Å². The van der Waals surface area contributed by atoms with E-state index in [1.54, 1.807) is 16.7 Å². The van der Waals surface area contributed by atoms with E-state index in [4.69, 9.17) is 0 Å². The summed E-state index contributed by atoms with van der Waals surface area (Å²) in [6.45, 7) is 5.52. The predicted molar refractivity (Wildman–Crippen MR) is 93.2 cm³/mol. The minimum Gasteiger partial charge on any atom is -0.345 e. The SMILES string of the molecule is CCc1nc(C)c(CC(=O)N2CC[C@@]3(CCCN(C)C3=O)C2)c(=O)[nH]1. The van der Waals surface area contributed by atoms with Crippen LogP contribution in [-0.4, -0.2) is 58.3 Å². The molecule has 3 heterocycles. The van der Waals surface area contributed by atoms with Crippen LogP contribution in [0.1, 0.15) is 43.3 Å². The van der Waals surface area contributed by atoms with Gasteiger partial charge in [0.1, 0.15) is 5.82 Å². The molecule has 3 rings (SSSR count). The van der Waals surface area contributed by atoms with Crippen LogP contribution in [0.25, 0.3) is 0 Å². The lowest BCUT2D eigenvalue weighted by Gasteiger charge is -2.37. The Morgan fingerprint density at radius 1 is 1.28 bits per heavy atom. The van der Waals surface area contributed by atoms with Gasteiger partial charge < -0.3 is 14.8 Å². The number of hydrogen-bond donors (Lipinski definition) is 1. The van der Waals surface area contributed by atoms with E-state index in [0.29, 0.717) is 43.0 Å². The molecular weight excluding hydrogens is 320 g/mol. The van der Waals surface area contributed by atoms with Crippen molar-refractivity contribution in [1.29, 1.82) is 0 Å². The number of aryl methyl sites for hydroxylation is 2. The summed E-state index contributed by atoms with van der Waals surface area (Å²) in [6, 6.07) is 0. The number of rotatable bonds is 3. The second-order valence-electron chi connectivity index (χ2n) is 7.28. The van der Waals surface area contributed by atoms with E-state index in [-0.39, 0.29) is 23.8 Å². The minimum atomic E-state index is -0.422. The molecule has 0 aromatic carbocycles. The second-order valence-corrected chi connectivity index (χ2v) is 7.28. The Balaban J connectivity index is 1.73. The first-order valence-electron chi connectivity index (χ1n) is 8.98. The summed E-state index contributed by atoms with van der Waals surface area (Å²) in [6.07, 6.45) is 3.22. The van der Waals surface area contributed by atoms with Crippen LogP contribution in [0.5, 0.6) is 0 Å². The van der Waals surface area contributed by atoms with Crippen LogP contribution >= 0.6 is 0 Å². The molecule has 2 aliphatic heterocycles. The predicted octanol–water partition coefficient (Wildman–Crippen LogP) is 0.654. The summed E-state index contributed by atoms with van der Waals surface area (Å²) < 4.78 is 0. The molecule has 7 heteroatoms. The number of aromatic amines is 1. The summed E-state index contributed by atoms with van der Waals surface area (Å²) in [7, 11) is 1.83. The third kappa shape index (κ3) is 3.19. The molecule has 2 aliphatic rings. The minimum absolute atomic E-state index is 0.0400. The summed E-state index contributed by atoms with van der Waals surface area (Å²) >= 11 is 0. The van der Waals surface area contributed by atoms with Crippen molar-refractivity contribution in [2.45, 2.75) is 46.0 Å². The molecule has 2 fully saturated rings. The van der Waals surface area contributed by atoms with Gasteiger partial charge in [-0.2, -0.15) is 0 Å². The number of carbonyl (C=O) groups is 2. The van der Waals surface area contributed by atoms with Crippen molar-refractivity contribution in [3.63, 3.8) is 0 Å². The van der Waals surface area contributed by atoms with Crippen LogP contribution in [0.15, 0.2) is 4.79 Å². The van der Waals surface area contributed by atoms with Gasteiger partial charge in [0.15, 0.2) is 0 Å². The zero-order chi connectivity index (χ0) is 18.2. The van der Waals surface area contributed by atoms with Gasteiger partial charge in [0.2, 0.25) is 11.8 Å². The number of H-pyrrole nitrogens is 1. The average Bonchev–Trinajstić information content (AvgIpc) is 3.01. The molecular formula is C18H26N4O3. The molecule has 0 unspecified atom stereocenters. The molecule has 1 aromatic heterocycles. The molecule has 1 atom stereocenters. The van der Waals surface area contributed by atoms with E-state index in [9.17, 15) is 14.4 Å². The quantitative estimate of drug-likeness (QED) is 0.871. The van der Waals surface area contributed by atoms with Crippen molar-refractivity contribution in [2.24, 2.45) is 5.41 Å². The molecule has 0 radical (unpaired) electrons. The molecule has 1 N–H and O–H groups in total. The molecule has 25 heavy (non-hydrogen) atoms. The molecule has 0 aliphatic carbocycles. The number of nitrogens with zero attached hydrogens (tertiary/aromatic N) is 3. The van der Waals surface area contributed by atoms with E-state index < -0.39 is 5.41 Å².